The van der Waals surface area contributed by atoms with Crippen LogP contribution in [0.4, 0.5) is 10.1 Å². The van der Waals surface area contributed by atoms with E-state index in [2.05, 4.69) is 15.3 Å². The Kier molecular flexibility index (Phi) is 4.61. The second-order valence-corrected chi connectivity index (χ2v) is 6.07. The molecule has 1 saturated carbocycles. The molecule has 3 N–H and O–H groups in total. The maximum Gasteiger partial charge on any atom is 0.258 e. The highest BCUT2D eigenvalue weighted by molar-refractivity contribution is 6.04. The Morgan fingerprint density at radius 1 is 1.36 bits per heavy atom. The van der Waals surface area contributed by atoms with E-state index >= 15 is 0 Å². The molecule has 0 aliphatic heterocycles. The number of rotatable bonds is 5. The van der Waals surface area contributed by atoms with Crippen LogP contribution in [0, 0.1) is 12.7 Å². The van der Waals surface area contributed by atoms with E-state index in [1.165, 1.54) is 12.1 Å². The average molecular weight is 338 g/mol. The van der Waals surface area contributed by atoms with Gasteiger partial charge in [-0.05, 0) is 44.0 Å². The van der Waals surface area contributed by atoms with Crippen LogP contribution in [-0.2, 0) is 10.2 Å². The van der Waals surface area contributed by atoms with Crippen molar-refractivity contribution in [3.05, 3.63) is 71.9 Å². The molecule has 1 aliphatic rings. The van der Waals surface area contributed by atoms with E-state index in [0.29, 0.717) is 18.4 Å². The quantitative estimate of drug-likeness (QED) is 0.648. The van der Waals surface area contributed by atoms with E-state index in [0.717, 1.165) is 11.4 Å². The molecule has 6 heteroatoms. The second-order valence-electron chi connectivity index (χ2n) is 6.07. The lowest BCUT2D eigenvalue weighted by molar-refractivity contribution is -0.120. The topological polar surface area (TPSA) is 80.4 Å². The maximum atomic E-state index is 14.0. The number of hydrogen-bond donors (Lipinski definition) is 2. The predicted molar refractivity (Wildman–Crippen MR) is 95.7 cm³/mol. The number of pyridine rings is 1. The van der Waals surface area contributed by atoms with Crippen LogP contribution in [0.25, 0.3) is 0 Å². The summed E-state index contributed by atoms with van der Waals surface area (Å²) in [5, 5.41) is 3.03. The minimum absolute atomic E-state index is 0.0749. The number of halogens is 1. The Labute approximate surface area is 145 Å². The third-order valence-electron chi connectivity index (χ3n) is 4.18. The average Bonchev–Trinajstić information content (AvgIpc) is 3.37. The number of aryl methyl sites for hydroxylation is 1. The van der Waals surface area contributed by atoms with Crippen molar-refractivity contribution < 1.29 is 9.18 Å². The van der Waals surface area contributed by atoms with E-state index in [-0.39, 0.29) is 11.7 Å². The molecule has 1 amide bonds. The summed E-state index contributed by atoms with van der Waals surface area (Å²) in [6.45, 7) is 1.89. The number of carbonyl (C=O) groups is 1. The smallest absolute Gasteiger partial charge is 0.258 e. The molecule has 5 nitrogen and oxygen atoms in total. The molecule has 25 heavy (non-hydrogen) atoms. The number of anilines is 1. The number of nitrogens with zero attached hydrogens (tertiary/aromatic N) is 2. The molecule has 128 valence electrons. The van der Waals surface area contributed by atoms with E-state index in [1.807, 2.05) is 19.1 Å². The van der Waals surface area contributed by atoms with Crippen molar-refractivity contribution in [2.75, 3.05) is 5.32 Å². The van der Waals surface area contributed by atoms with Gasteiger partial charge in [-0.15, -0.1) is 0 Å². The Bertz CT molecular complexity index is 856. The Hall–Kier alpha value is -3.02. The third-order valence-corrected chi connectivity index (χ3v) is 4.18. The summed E-state index contributed by atoms with van der Waals surface area (Å²) < 4.78 is 14.0. The predicted octanol–water partition coefficient (Wildman–Crippen LogP) is 3.07. The van der Waals surface area contributed by atoms with E-state index < -0.39 is 11.3 Å². The van der Waals surface area contributed by atoms with E-state index in [4.69, 9.17) is 5.73 Å². The molecule has 2 aromatic rings. The van der Waals surface area contributed by atoms with Crippen molar-refractivity contribution in [3.63, 3.8) is 0 Å². The summed E-state index contributed by atoms with van der Waals surface area (Å²) in [5.74, 6) is -0.710. The maximum absolute atomic E-state index is 14.0. The van der Waals surface area contributed by atoms with Gasteiger partial charge in [0.25, 0.3) is 5.91 Å². The minimum atomic E-state index is -0.862. The normalized spacial score (nSPS) is 16.0. The number of nitrogens with two attached hydrogens (primary N) is 1. The molecule has 1 aromatic carbocycles. The summed E-state index contributed by atoms with van der Waals surface area (Å²) >= 11 is 0. The molecular formula is C19H19FN4O. The van der Waals surface area contributed by atoms with Crippen molar-refractivity contribution in [2.24, 2.45) is 10.7 Å². The summed E-state index contributed by atoms with van der Waals surface area (Å²) in [4.78, 5) is 20.5. The van der Waals surface area contributed by atoms with Crippen molar-refractivity contribution in [1.82, 2.24) is 4.98 Å². The molecule has 1 aliphatic carbocycles. The van der Waals surface area contributed by atoms with Crippen LogP contribution in [0.5, 0.6) is 0 Å². The van der Waals surface area contributed by atoms with Crippen molar-refractivity contribution in [1.29, 1.82) is 0 Å². The molecule has 3 rings (SSSR count). The molecule has 1 heterocycles. The van der Waals surface area contributed by atoms with Crippen molar-refractivity contribution >= 4 is 17.4 Å². The lowest BCUT2D eigenvalue weighted by atomic mass is 9.94. The van der Waals surface area contributed by atoms with Crippen LogP contribution in [0.3, 0.4) is 0 Å². The lowest BCUT2D eigenvalue weighted by Crippen LogP contribution is -2.23. The lowest BCUT2D eigenvalue weighted by Gasteiger charge is -2.12. The highest BCUT2D eigenvalue weighted by atomic mass is 19.1. The number of amides is 1. The number of benzene rings is 1. The van der Waals surface area contributed by atoms with Crippen LogP contribution in [0.15, 0.2) is 59.9 Å². The monoisotopic (exact) mass is 338 g/mol. The number of aromatic nitrogens is 1. The van der Waals surface area contributed by atoms with Gasteiger partial charge >= 0.3 is 0 Å². The number of aliphatic imine (C=N–C) groups is 1. The zero-order valence-corrected chi connectivity index (χ0v) is 13.9. The molecule has 0 spiro atoms. The molecule has 0 atom stereocenters. The van der Waals surface area contributed by atoms with Gasteiger partial charge in [-0.3, -0.25) is 9.78 Å². The molecule has 0 saturated heterocycles. The van der Waals surface area contributed by atoms with Gasteiger partial charge in [-0.1, -0.05) is 18.2 Å². The van der Waals surface area contributed by atoms with Gasteiger partial charge in [-0.25, -0.2) is 4.39 Å². The molecular weight excluding hydrogens is 319 g/mol. The van der Waals surface area contributed by atoms with E-state index in [1.54, 1.807) is 30.6 Å². The van der Waals surface area contributed by atoms with Crippen LogP contribution in [0.2, 0.25) is 0 Å². The fraction of sp³-hybridized carbons (Fsp3) is 0.211. The summed E-state index contributed by atoms with van der Waals surface area (Å²) in [6.07, 6.45) is 5.97. The zero-order chi connectivity index (χ0) is 17.9. The first-order valence-corrected chi connectivity index (χ1v) is 8.01. The van der Waals surface area contributed by atoms with Crippen LogP contribution < -0.4 is 11.1 Å². The molecule has 1 aromatic heterocycles. The van der Waals surface area contributed by atoms with Gasteiger partial charge in [0, 0.05) is 29.3 Å². The molecule has 0 radical (unpaired) electrons. The number of amidine groups is 1. The Morgan fingerprint density at radius 3 is 2.80 bits per heavy atom. The van der Waals surface area contributed by atoms with Gasteiger partial charge in [0.2, 0.25) is 0 Å². The first-order valence-electron chi connectivity index (χ1n) is 8.01. The van der Waals surface area contributed by atoms with Gasteiger partial charge in [0.05, 0.1) is 5.41 Å². The molecule has 1 fully saturated rings. The summed E-state index contributed by atoms with van der Waals surface area (Å²) in [5.41, 5.74) is 7.08. The first kappa shape index (κ1) is 16.8. The minimum Gasteiger partial charge on any atom is -0.384 e. The zero-order valence-electron chi connectivity index (χ0n) is 13.9. The van der Waals surface area contributed by atoms with Crippen LogP contribution >= 0.6 is 0 Å². The first-order chi connectivity index (χ1) is 12.0. The third kappa shape index (κ3) is 3.74. The van der Waals surface area contributed by atoms with Gasteiger partial charge in [0.15, 0.2) is 0 Å². The SMILES string of the molecule is Cc1cc(N/C=C\C(N)=NC(=O)C2(c3ccccc3F)CC2)ccn1. The van der Waals surface area contributed by atoms with E-state index in [9.17, 15) is 9.18 Å². The van der Waals surface area contributed by atoms with Crippen LogP contribution in [0.1, 0.15) is 24.1 Å². The fourth-order valence-corrected chi connectivity index (χ4v) is 2.69. The number of nitrogens with one attached hydrogen (secondary N) is 1. The molecule has 0 unspecified atom stereocenters. The standard InChI is InChI=1S/C19H19FN4O/c1-13-12-14(6-10-22-13)23-11-7-17(21)24-18(25)19(8-9-19)15-4-2-3-5-16(15)20/h2-7,10-12H,8-9H2,1H3,(H,22,23)(H2,21,24,25)/b11-7-. The largest absolute Gasteiger partial charge is 0.384 e. The van der Waals surface area contributed by atoms with Crippen molar-refractivity contribution in [2.45, 2.75) is 25.2 Å². The van der Waals surface area contributed by atoms with Gasteiger partial charge < -0.3 is 11.1 Å². The fourth-order valence-electron chi connectivity index (χ4n) is 2.69. The number of carbonyl (C=O) groups excluding carboxylic acids is 1. The number of hydrogen-bond acceptors (Lipinski definition) is 3. The van der Waals surface area contributed by atoms with Crippen LogP contribution in [-0.4, -0.2) is 16.7 Å². The summed E-state index contributed by atoms with van der Waals surface area (Å²) in [7, 11) is 0. The summed E-state index contributed by atoms with van der Waals surface area (Å²) in [6, 6.07) is 10.0. The molecule has 0 bridgehead atoms. The highest BCUT2D eigenvalue weighted by Crippen LogP contribution is 2.50. The highest BCUT2D eigenvalue weighted by Gasteiger charge is 2.52. The van der Waals surface area contributed by atoms with Crippen molar-refractivity contribution in [3.8, 4) is 0 Å². The Balaban J connectivity index is 1.69. The Morgan fingerprint density at radius 2 is 2.12 bits per heavy atom. The van der Waals surface area contributed by atoms with Gasteiger partial charge in [0.1, 0.15) is 11.7 Å². The van der Waals surface area contributed by atoms with Gasteiger partial charge in [-0.2, -0.15) is 4.99 Å². The second kappa shape index (κ2) is 6.84.